The molecule has 0 aliphatic carbocycles. The molecule has 0 amide bonds. The lowest BCUT2D eigenvalue weighted by atomic mass is 9.92. The Kier molecular flexibility index (Phi) is 5.23. The molecule has 0 aromatic heterocycles. The van der Waals surface area contributed by atoms with E-state index in [1.807, 2.05) is 19.1 Å². The Morgan fingerprint density at radius 2 is 2.21 bits per heavy atom. The Bertz CT molecular complexity index is 410. The van der Waals surface area contributed by atoms with Crippen molar-refractivity contribution in [2.75, 3.05) is 13.2 Å². The van der Waals surface area contributed by atoms with Crippen molar-refractivity contribution in [3.05, 3.63) is 34.9 Å². The maximum absolute atomic E-state index is 12.1. The summed E-state index contributed by atoms with van der Waals surface area (Å²) in [5, 5.41) is 0.670. The van der Waals surface area contributed by atoms with Gasteiger partial charge in [0.05, 0.1) is 18.6 Å². The first-order chi connectivity index (χ1) is 9.20. The lowest BCUT2D eigenvalue weighted by Crippen LogP contribution is -2.21. The molecule has 1 aromatic carbocycles. The highest BCUT2D eigenvalue weighted by molar-refractivity contribution is 6.30. The molecule has 2 rings (SSSR count). The summed E-state index contributed by atoms with van der Waals surface area (Å²) < 4.78 is 10.8. The average molecular weight is 283 g/mol. The number of hydrogen-bond donors (Lipinski definition) is 0. The first kappa shape index (κ1) is 14.4. The lowest BCUT2D eigenvalue weighted by molar-refractivity contribution is -0.145. The molecular formula is C15H19ClO3. The van der Waals surface area contributed by atoms with Crippen LogP contribution in [0.25, 0.3) is 0 Å². The molecule has 0 N–H and O–H groups in total. The van der Waals surface area contributed by atoms with Crippen LogP contribution in [-0.2, 0) is 14.3 Å². The van der Waals surface area contributed by atoms with Crippen LogP contribution >= 0.6 is 11.6 Å². The second-order valence-corrected chi connectivity index (χ2v) is 5.16. The number of carbonyl (C=O) groups excluding carboxylic acids is 1. The van der Waals surface area contributed by atoms with Gasteiger partial charge in [0.2, 0.25) is 0 Å². The van der Waals surface area contributed by atoms with Crippen LogP contribution in [-0.4, -0.2) is 25.3 Å². The van der Waals surface area contributed by atoms with Crippen molar-refractivity contribution in [3.63, 3.8) is 0 Å². The average Bonchev–Trinajstić information content (AvgIpc) is 2.90. The first-order valence-electron chi connectivity index (χ1n) is 6.74. The van der Waals surface area contributed by atoms with Gasteiger partial charge in [-0.05, 0) is 43.9 Å². The first-order valence-corrected chi connectivity index (χ1v) is 7.12. The molecule has 3 nitrogen and oxygen atoms in total. The molecule has 4 heteroatoms. The summed E-state index contributed by atoms with van der Waals surface area (Å²) in [6.45, 7) is 3.01. The molecule has 2 unspecified atom stereocenters. The van der Waals surface area contributed by atoms with Crippen LogP contribution in [0, 0.1) is 0 Å². The molecular weight excluding hydrogens is 264 g/mol. The summed E-state index contributed by atoms with van der Waals surface area (Å²) in [6, 6.07) is 7.38. The van der Waals surface area contributed by atoms with E-state index >= 15 is 0 Å². The number of hydrogen-bond acceptors (Lipinski definition) is 3. The molecule has 1 saturated heterocycles. The third-order valence-corrected chi connectivity index (χ3v) is 3.62. The molecule has 0 radical (unpaired) electrons. The summed E-state index contributed by atoms with van der Waals surface area (Å²) in [5.41, 5.74) is 0.943. The monoisotopic (exact) mass is 282 g/mol. The second kappa shape index (κ2) is 6.92. The van der Waals surface area contributed by atoms with E-state index in [2.05, 4.69) is 0 Å². The van der Waals surface area contributed by atoms with Gasteiger partial charge in [0.15, 0.2) is 0 Å². The fourth-order valence-corrected chi connectivity index (χ4v) is 2.53. The predicted molar refractivity (Wildman–Crippen MR) is 74.4 cm³/mol. The van der Waals surface area contributed by atoms with Crippen LogP contribution in [0.4, 0.5) is 0 Å². The summed E-state index contributed by atoms with van der Waals surface area (Å²) in [7, 11) is 0. The van der Waals surface area contributed by atoms with Crippen molar-refractivity contribution in [1.82, 2.24) is 0 Å². The quantitative estimate of drug-likeness (QED) is 0.775. The van der Waals surface area contributed by atoms with Crippen LogP contribution in [0.15, 0.2) is 24.3 Å². The SMILES string of the molecule is CCOC(=O)C(CC1CCCO1)c1ccc(Cl)cc1. The van der Waals surface area contributed by atoms with Gasteiger partial charge in [0.1, 0.15) is 0 Å². The number of rotatable bonds is 5. The van der Waals surface area contributed by atoms with E-state index in [4.69, 9.17) is 21.1 Å². The summed E-state index contributed by atoms with van der Waals surface area (Å²) in [4.78, 5) is 12.1. The Morgan fingerprint density at radius 3 is 2.79 bits per heavy atom. The standard InChI is InChI=1S/C15H19ClO3/c1-2-18-15(17)14(10-13-4-3-9-19-13)11-5-7-12(16)8-6-11/h5-8,13-14H,2-4,9-10H2,1H3. The van der Waals surface area contributed by atoms with Gasteiger partial charge in [-0.2, -0.15) is 0 Å². The van der Waals surface area contributed by atoms with Gasteiger partial charge in [0.25, 0.3) is 0 Å². The molecule has 1 heterocycles. The number of halogens is 1. The topological polar surface area (TPSA) is 35.5 Å². The van der Waals surface area contributed by atoms with E-state index < -0.39 is 0 Å². The van der Waals surface area contributed by atoms with Gasteiger partial charge in [-0.15, -0.1) is 0 Å². The maximum atomic E-state index is 12.1. The molecule has 0 bridgehead atoms. The van der Waals surface area contributed by atoms with Gasteiger partial charge < -0.3 is 9.47 Å². The minimum atomic E-state index is -0.264. The van der Waals surface area contributed by atoms with Crippen LogP contribution in [0.1, 0.15) is 37.7 Å². The van der Waals surface area contributed by atoms with Gasteiger partial charge >= 0.3 is 5.97 Å². The summed E-state index contributed by atoms with van der Waals surface area (Å²) in [5.74, 6) is -0.444. The Labute approximate surface area is 118 Å². The van der Waals surface area contributed by atoms with Crippen molar-refractivity contribution < 1.29 is 14.3 Å². The van der Waals surface area contributed by atoms with Gasteiger partial charge in [-0.1, -0.05) is 23.7 Å². The van der Waals surface area contributed by atoms with E-state index in [-0.39, 0.29) is 18.0 Å². The van der Waals surface area contributed by atoms with Crippen molar-refractivity contribution in [1.29, 1.82) is 0 Å². The lowest BCUT2D eigenvalue weighted by Gasteiger charge is -2.19. The smallest absolute Gasteiger partial charge is 0.313 e. The van der Waals surface area contributed by atoms with Crippen molar-refractivity contribution in [3.8, 4) is 0 Å². The highest BCUT2D eigenvalue weighted by Gasteiger charge is 2.28. The maximum Gasteiger partial charge on any atom is 0.313 e. The fourth-order valence-electron chi connectivity index (χ4n) is 2.40. The van der Waals surface area contributed by atoms with Gasteiger partial charge in [-0.25, -0.2) is 0 Å². The predicted octanol–water partition coefficient (Wildman–Crippen LogP) is 3.56. The minimum absolute atomic E-state index is 0.157. The van der Waals surface area contributed by atoms with E-state index in [1.54, 1.807) is 12.1 Å². The number of ether oxygens (including phenoxy) is 2. The van der Waals surface area contributed by atoms with Gasteiger partial charge in [0, 0.05) is 11.6 Å². The normalized spacial score (nSPS) is 20.2. The van der Waals surface area contributed by atoms with E-state index in [1.165, 1.54) is 0 Å². The van der Waals surface area contributed by atoms with Crippen molar-refractivity contribution in [2.45, 2.75) is 38.2 Å². The Hall–Kier alpha value is -1.06. The molecule has 1 fully saturated rings. The Balaban J connectivity index is 2.12. The van der Waals surface area contributed by atoms with E-state index in [0.717, 1.165) is 25.0 Å². The van der Waals surface area contributed by atoms with Crippen LogP contribution in [0.2, 0.25) is 5.02 Å². The van der Waals surface area contributed by atoms with E-state index in [0.29, 0.717) is 18.1 Å². The Morgan fingerprint density at radius 1 is 1.47 bits per heavy atom. The molecule has 104 valence electrons. The van der Waals surface area contributed by atoms with Crippen molar-refractivity contribution in [2.24, 2.45) is 0 Å². The zero-order chi connectivity index (χ0) is 13.7. The molecule has 0 saturated carbocycles. The van der Waals surface area contributed by atoms with Crippen molar-refractivity contribution >= 4 is 17.6 Å². The third-order valence-electron chi connectivity index (χ3n) is 3.37. The molecule has 0 spiro atoms. The van der Waals surface area contributed by atoms with Gasteiger partial charge in [-0.3, -0.25) is 4.79 Å². The molecule has 1 aromatic rings. The van der Waals surface area contributed by atoms with Crippen LogP contribution < -0.4 is 0 Å². The second-order valence-electron chi connectivity index (χ2n) is 4.73. The largest absolute Gasteiger partial charge is 0.466 e. The molecule has 19 heavy (non-hydrogen) atoms. The summed E-state index contributed by atoms with van der Waals surface area (Å²) in [6.07, 6.45) is 2.93. The minimum Gasteiger partial charge on any atom is -0.466 e. The highest BCUT2D eigenvalue weighted by Crippen LogP contribution is 2.29. The van der Waals surface area contributed by atoms with Crippen LogP contribution in [0.3, 0.4) is 0 Å². The zero-order valence-corrected chi connectivity index (χ0v) is 11.9. The third kappa shape index (κ3) is 3.95. The highest BCUT2D eigenvalue weighted by atomic mass is 35.5. The number of esters is 1. The fraction of sp³-hybridized carbons (Fsp3) is 0.533. The molecule has 1 aliphatic heterocycles. The van der Waals surface area contributed by atoms with E-state index in [9.17, 15) is 4.79 Å². The number of carbonyl (C=O) groups is 1. The molecule has 1 aliphatic rings. The number of benzene rings is 1. The molecule has 2 atom stereocenters. The summed E-state index contributed by atoms with van der Waals surface area (Å²) >= 11 is 5.89. The van der Waals surface area contributed by atoms with Crippen LogP contribution in [0.5, 0.6) is 0 Å². The zero-order valence-electron chi connectivity index (χ0n) is 11.1.